The Labute approximate surface area is 162 Å². The number of anilines is 2. The van der Waals surface area contributed by atoms with E-state index in [1.54, 1.807) is 12.1 Å². The quantitative estimate of drug-likeness (QED) is 0.725. The van der Waals surface area contributed by atoms with Gasteiger partial charge in [-0.25, -0.2) is 4.79 Å². The van der Waals surface area contributed by atoms with Crippen LogP contribution in [0.3, 0.4) is 0 Å². The van der Waals surface area contributed by atoms with E-state index in [9.17, 15) is 4.79 Å². The zero-order valence-corrected chi connectivity index (χ0v) is 15.5. The van der Waals surface area contributed by atoms with Crippen LogP contribution in [0.1, 0.15) is 0 Å². The molecule has 1 aromatic heterocycles. The first-order valence-electron chi connectivity index (χ1n) is 9.02. The van der Waals surface area contributed by atoms with Crippen LogP contribution < -0.4 is 10.2 Å². The molecular weight excluding hydrogens is 360 g/mol. The Bertz CT molecular complexity index is 1000. The van der Waals surface area contributed by atoms with Gasteiger partial charge in [0.25, 0.3) is 0 Å². The Morgan fingerprint density at radius 3 is 2.52 bits per heavy atom. The average molecular weight is 379 g/mol. The van der Waals surface area contributed by atoms with Gasteiger partial charge in [0.2, 0.25) is 0 Å². The van der Waals surface area contributed by atoms with Crippen LogP contribution in [0.15, 0.2) is 60.8 Å². The number of carbonyl (C=O) groups is 1. The summed E-state index contributed by atoms with van der Waals surface area (Å²) >= 11 is 5.88. The second-order valence-corrected chi connectivity index (χ2v) is 7.93. The molecule has 2 fully saturated rings. The number of para-hydroxylation sites is 1. The molecule has 2 saturated heterocycles. The molecule has 0 atom stereocenters. The molecule has 27 heavy (non-hydrogen) atoms. The summed E-state index contributed by atoms with van der Waals surface area (Å²) in [7, 11) is 0. The molecule has 3 heterocycles. The van der Waals surface area contributed by atoms with Gasteiger partial charge in [-0.15, -0.1) is 0 Å². The summed E-state index contributed by atoms with van der Waals surface area (Å²) in [6, 6.07) is 17.4. The summed E-state index contributed by atoms with van der Waals surface area (Å²) in [6.07, 6.45) is 1.87. The van der Waals surface area contributed by atoms with Crippen LogP contribution in [0.2, 0.25) is 5.02 Å². The first-order valence-corrected chi connectivity index (χ1v) is 9.40. The number of likely N-dealkylation sites (tertiary alicyclic amines) is 1. The highest BCUT2D eigenvalue weighted by molar-refractivity contribution is 6.30. The normalized spacial score (nSPS) is 17.5. The molecule has 5 rings (SSSR count). The van der Waals surface area contributed by atoms with Gasteiger partial charge < -0.3 is 15.1 Å². The number of nitrogens with one attached hydrogen (secondary N) is 1. The van der Waals surface area contributed by atoms with Gasteiger partial charge in [-0.05, 0) is 36.4 Å². The van der Waals surface area contributed by atoms with Crippen LogP contribution >= 0.6 is 11.6 Å². The number of hydrogen-bond acceptors (Lipinski definition) is 3. The molecule has 6 heteroatoms. The molecule has 0 saturated carbocycles. The predicted octanol–water partition coefficient (Wildman–Crippen LogP) is 4.24. The van der Waals surface area contributed by atoms with Crippen LogP contribution in [0.25, 0.3) is 10.9 Å². The standard InChI is InChI=1S/C21H19ClN4O/c22-15-5-7-16(8-6-15)24-20(27)26-13-21(14-26)11-25(12-21)19-9-10-23-18-4-2-1-3-17(18)19/h1-10H,11-14H2,(H,24,27). The van der Waals surface area contributed by atoms with Gasteiger partial charge in [-0.3, -0.25) is 4.98 Å². The fourth-order valence-corrected chi connectivity index (χ4v) is 4.26. The van der Waals surface area contributed by atoms with Gasteiger partial charge in [0.15, 0.2) is 0 Å². The summed E-state index contributed by atoms with van der Waals surface area (Å²) in [5.41, 5.74) is 3.24. The minimum Gasteiger partial charge on any atom is -0.369 e. The minimum atomic E-state index is -0.0456. The fraction of sp³-hybridized carbons (Fsp3) is 0.238. The van der Waals surface area contributed by atoms with Crippen molar-refractivity contribution in [2.75, 3.05) is 36.4 Å². The predicted molar refractivity (Wildman–Crippen MR) is 108 cm³/mol. The highest BCUT2D eigenvalue weighted by Gasteiger charge is 2.53. The van der Waals surface area contributed by atoms with E-state index in [2.05, 4.69) is 33.4 Å². The second-order valence-electron chi connectivity index (χ2n) is 7.50. The van der Waals surface area contributed by atoms with Crippen LogP contribution in [-0.4, -0.2) is 42.1 Å². The number of fused-ring (bicyclic) bond motifs is 1. The fourth-order valence-electron chi connectivity index (χ4n) is 4.13. The Hall–Kier alpha value is -2.79. The third-order valence-corrected chi connectivity index (χ3v) is 5.71. The third kappa shape index (κ3) is 2.88. The lowest BCUT2D eigenvalue weighted by atomic mass is 9.72. The van der Waals surface area contributed by atoms with Gasteiger partial charge >= 0.3 is 6.03 Å². The first kappa shape index (κ1) is 16.4. The molecule has 0 radical (unpaired) electrons. The van der Waals surface area contributed by atoms with E-state index >= 15 is 0 Å². The number of carbonyl (C=O) groups excluding carboxylic acids is 1. The monoisotopic (exact) mass is 378 g/mol. The lowest BCUT2D eigenvalue weighted by Gasteiger charge is -2.60. The molecule has 2 aromatic carbocycles. The number of benzene rings is 2. The van der Waals surface area contributed by atoms with E-state index in [1.165, 1.54) is 11.1 Å². The maximum Gasteiger partial charge on any atom is 0.321 e. The van der Waals surface area contributed by atoms with Gasteiger partial charge in [0, 0.05) is 59.6 Å². The highest BCUT2D eigenvalue weighted by Crippen LogP contribution is 2.43. The number of rotatable bonds is 2. The molecule has 2 amide bonds. The number of hydrogen-bond donors (Lipinski definition) is 1. The summed E-state index contributed by atoms with van der Waals surface area (Å²) in [5, 5.41) is 4.78. The van der Waals surface area contributed by atoms with Crippen molar-refractivity contribution >= 4 is 39.9 Å². The number of pyridine rings is 1. The van der Waals surface area contributed by atoms with Crippen LogP contribution in [0, 0.1) is 5.41 Å². The van der Waals surface area contributed by atoms with E-state index in [1.807, 2.05) is 35.4 Å². The molecule has 1 N–H and O–H groups in total. The maximum atomic E-state index is 12.4. The lowest BCUT2D eigenvalue weighted by Crippen LogP contribution is -2.73. The Morgan fingerprint density at radius 2 is 1.74 bits per heavy atom. The summed E-state index contributed by atoms with van der Waals surface area (Å²) in [5.74, 6) is 0. The Balaban J connectivity index is 1.21. The van der Waals surface area contributed by atoms with Gasteiger partial charge in [-0.1, -0.05) is 29.8 Å². The second kappa shape index (κ2) is 6.13. The van der Waals surface area contributed by atoms with Crippen molar-refractivity contribution in [3.05, 3.63) is 65.8 Å². The van der Waals surface area contributed by atoms with Crippen molar-refractivity contribution in [2.24, 2.45) is 5.41 Å². The van der Waals surface area contributed by atoms with E-state index in [-0.39, 0.29) is 11.4 Å². The van der Waals surface area contributed by atoms with Crippen molar-refractivity contribution in [1.29, 1.82) is 0 Å². The summed E-state index contributed by atoms with van der Waals surface area (Å²) in [6.45, 7) is 3.55. The molecule has 136 valence electrons. The van der Waals surface area contributed by atoms with Crippen molar-refractivity contribution in [3.63, 3.8) is 0 Å². The molecule has 2 aliphatic rings. The molecule has 1 spiro atoms. The van der Waals surface area contributed by atoms with Crippen LogP contribution in [0.4, 0.5) is 16.2 Å². The van der Waals surface area contributed by atoms with Crippen LogP contribution in [-0.2, 0) is 0 Å². The molecule has 5 nitrogen and oxygen atoms in total. The lowest BCUT2D eigenvalue weighted by molar-refractivity contribution is 0.0125. The summed E-state index contributed by atoms with van der Waals surface area (Å²) < 4.78 is 0. The molecule has 3 aromatic rings. The summed E-state index contributed by atoms with van der Waals surface area (Å²) in [4.78, 5) is 21.1. The zero-order valence-electron chi connectivity index (χ0n) is 14.7. The first-order chi connectivity index (χ1) is 13.1. The number of amides is 2. The molecule has 0 aliphatic carbocycles. The maximum absolute atomic E-state index is 12.4. The van der Waals surface area contributed by atoms with E-state index in [4.69, 9.17) is 11.6 Å². The Kier molecular flexibility index (Phi) is 3.72. The van der Waals surface area contributed by atoms with Crippen LogP contribution in [0.5, 0.6) is 0 Å². The van der Waals surface area contributed by atoms with Crippen molar-refractivity contribution in [1.82, 2.24) is 9.88 Å². The molecular formula is C21H19ClN4O. The number of urea groups is 1. The minimum absolute atomic E-state index is 0.0456. The van der Waals surface area contributed by atoms with Gasteiger partial charge in [0.1, 0.15) is 0 Å². The highest BCUT2D eigenvalue weighted by atomic mass is 35.5. The van der Waals surface area contributed by atoms with Crippen molar-refractivity contribution in [2.45, 2.75) is 0 Å². The van der Waals surface area contributed by atoms with Crippen molar-refractivity contribution < 1.29 is 4.79 Å². The zero-order chi connectivity index (χ0) is 18.4. The van der Waals surface area contributed by atoms with E-state index in [0.717, 1.165) is 37.4 Å². The smallest absolute Gasteiger partial charge is 0.321 e. The number of halogens is 1. The molecule has 2 aliphatic heterocycles. The average Bonchev–Trinajstić information content (AvgIpc) is 2.61. The van der Waals surface area contributed by atoms with Gasteiger partial charge in [-0.2, -0.15) is 0 Å². The number of aromatic nitrogens is 1. The topological polar surface area (TPSA) is 48.5 Å². The van der Waals surface area contributed by atoms with Crippen molar-refractivity contribution in [3.8, 4) is 0 Å². The molecule has 0 bridgehead atoms. The van der Waals surface area contributed by atoms with E-state index < -0.39 is 0 Å². The van der Waals surface area contributed by atoms with Gasteiger partial charge in [0.05, 0.1) is 5.52 Å². The molecule has 0 unspecified atom stereocenters. The van der Waals surface area contributed by atoms with E-state index in [0.29, 0.717) is 5.02 Å². The number of nitrogens with zero attached hydrogens (tertiary/aromatic N) is 3. The SMILES string of the molecule is O=C(Nc1ccc(Cl)cc1)N1CC2(C1)CN(c1ccnc3ccccc13)C2. The largest absolute Gasteiger partial charge is 0.369 e. The third-order valence-electron chi connectivity index (χ3n) is 5.45. The Morgan fingerprint density at radius 1 is 1.00 bits per heavy atom.